The van der Waals surface area contributed by atoms with Gasteiger partial charge in [-0.25, -0.2) is 4.39 Å². The highest BCUT2D eigenvalue weighted by Crippen LogP contribution is 2.31. The van der Waals surface area contributed by atoms with Crippen LogP contribution in [0.3, 0.4) is 0 Å². The van der Waals surface area contributed by atoms with Crippen molar-refractivity contribution in [1.82, 2.24) is 4.90 Å². The van der Waals surface area contributed by atoms with Crippen molar-refractivity contribution in [3.05, 3.63) is 35.1 Å². The number of hydrogen-bond donors (Lipinski definition) is 1. The highest BCUT2D eigenvalue weighted by atomic mass is 19.4. The van der Waals surface area contributed by atoms with Gasteiger partial charge in [-0.15, -0.1) is 0 Å². The van der Waals surface area contributed by atoms with E-state index in [0.29, 0.717) is 25.2 Å². The summed E-state index contributed by atoms with van der Waals surface area (Å²) < 4.78 is 51.5. The Morgan fingerprint density at radius 2 is 2.05 bits per heavy atom. The van der Waals surface area contributed by atoms with Crippen LogP contribution in [0, 0.1) is 11.7 Å². The number of hydrogen-bond acceptors (Lipinski definition) is 2. The Hall–Kier alpha value is -1.63. The van der Waals surface area contributed by atoms with E-state index in [1.165, 1.54) is 4.90 Å². The van der Waals surface area contributed by atoms with Crippen molar-refractivity contribution in [1.29, 1.82) is 0 Å². The number of rotatable bonds is 2. The van der Waals surface area contributed by atoms with Crippen molar-refractivity contribution in [3.63, 3.8) is 0 Å². The molecule has 3 nitrogen and oxygen atoms in total. The fraction of sp³-hybridized carbons (Fsp3) is 0.533. The fourth-order valence-corrected chi connectivity index (χ4v) is 2.68. The topological polar surface area (TPSA) is 46.3 Å². The molecule has 0 unspecified atom stereocenters. The normalized spacial score (nSPS) is 20.8. The molecular weight excluding hydrogens is 300 g/mol. The smallest absolute Gasteiger partial charge is 0.338 e. The number of nitrogens with zero attached hydrogens (tertiary/aromatic N) is 1. The maximum Gasteiger partial charge on any atom is 0.416 e. The van der Waals surface area contributed by atoms with Crippen LogP contribution in [0.25, 0.3) is 0 Å². The fourth-order valence-electron chi connectivity index (χ4n) is 2.68. The molecule has 2 atom stereocenters. The summed E-state index contributed by atoms with van der Waals surface area (Å²) in [7, 11) is 0. The Morgan fingerprint density at radius 3 is 2.64 bits per heavy atom. The number of amides is 1. The molecule has 1 fully saturated rings. The van der Waals surface area contributed by atoms with E-state index in [0.717, 1.165) is 18.9 Å². The van der Waals surface area contributed by atoms with Gasteiger partial charge in [0.05, 0.1) is 5.56 Å². The summed E-state index contributed by atoms with van der Waals surface area (Å²) >= 11 is 0. The Bertz CT molecular complexity index is 557. The molecule has 122 valence electrons. The van der Waals surface area contributed by atoms with Crippen LogP contribution in [0.15, 0.2) is 18.2 Å². The van der Waals surface area contributed by atoms with Crippen LogP contribution < -0.4 is 5.73 Å². The molecule has 1 aliphatic rings. The first-order valence-corrected chi connectivity index (χ1v) is 7.11. The van der Waals surface area contributed by atoms with Crippen molar-refractivity contribution < 1.29 is 22.4 Å². The molecule has 1 heterocycles. The molecule has 7 heteroatoms. The third-order valence-corrected chi connectivity index (χ3v) is 3.96. The molecule has 0 saturated carbocycles. The second kappa shape index (κ2) is 6.24. The third kappa shape index (κ3) is 3.76. The molecule has 0 bridgehead atoms. The summed E-state index contributed by atoms with van der Waals surface area (Å²) in [4.78, 5) is 13.8. The summed E-state index contributed by atoms with van der Waals surface area (Å²) in [5, 5.41) is 0. The number of halogens is 4. The molecule has 2 rings (SSSR count). The number of carbonyl (C=O) groups excluding carboxylic acids is 1. The number of likely N-dealkylation sites (tertiary alicyclic amines) is 1. The molecule has 1 amide bonds. The summed E-state index contributed by atoms with van der Waals surface area (Å²) in [6.45, 7) is 2.66. The van der Waals surface area contributed by atoms with Crippen molar-refractivity contribution >= 4 is 5.91 Å². The minimum atomic E-state index is -4.69. The minimum Gasteiger partial charge on any atom is -0.338 e. The van der Waals surface area contributed by atoms with E-state index in [9.17, 15) is 22.4 Å². The van der Waals surface area contributed by atoms with Crippen molar-refractivity contribution in [2.45, 2.75) is 32.0 Å². The lowest BCUT2D eigenvalue weighted by molar-refractivity contribution is -0.137. The van der Waals surface area contributed by atoms with Gasteiger partial charge in [0.15, 0.2) is 0 Å². The average molecular weight is 318 g/mol. The standard InChI is InChI=1S/C15H18F4N2O/c1-9(20)10-3-2-4-21(8-10)14(22)11-5-12(15(17,18)19)7-13(16)6-11/h5-7,9-10H,2-4,8,20H2,1H3/t9-,10+/m1/s1. The second-order valence-electron chi connectivity index (χ2n) is 5.74. The lowest BCUT2D eigenvalue weighted by atomic mass is 9.92. The first kappa shape index (κ1) is 16.7. The zero-order chi connectivity index (χ0) is 16.5. The van der Waals surface area contributed by atoms with E-state index in [4.69, 9.17) is 5.73 Å². The number of alkyl halides is 3. The van der Waals surface area contributed by atoms with Gasteiger partial charge in [0, 0.05) is 24.7 Å². The molecule has 2 N–H and O–H groups in total. The quantitative estimate of drug-likeness (QED) is 0.852. The van der Waals surface area contributed by atoms with Crippen molar-refractivity contribution in [2.75, 3.05) is 13.1 Å². The summed E-state index contributed by atoms with van der Waals surface area (Å²) in [6, 6.07) is 1.82. The van der Waals surface area contributed by atoms with Crippen LogP contribution in [-0.4, -0.2) is 29.9 Å². The molecule has 0 aliphatic carbocycles. The van der Waals surface area contributed by atoms with Gasteiger partial charge in [-0.3, -0.25) is 4.79 Å². The highest BCUT2D eigenvalue weighted by Gasteiger charge is 2.33. The van der Waals surface area contributed by atoms with E-state index in [1.54, 1.807) is 0 Å². The SMILES string of the molecule is C[C@@H](N)[C@H]1CCCN(C(=O)c2cc(F)cc(C(F)(F)F)c2)C1. The van der Waals surface area contributed by atoms with E-state index in [2.05, 4.69) is 0 Å². The van der Waals surface area contributed by atoms with Gasteiger partial charge in [-0.05, 0) is 43.9 Å². The summed E-state index contributed by atoms with van der Waals surface area (Å²) in [5.74, 6) is -1.55. The van der Waals surface area contributed by atoms with Crippen LogP contribution in [0.1, 0.15) is 35.7 Å². The number of piperidine rings is 1. The Balaban J connectivity index is 2.24. The summed E-state index contributed by atoms with van der Waals surface area (Å²) in [5.41, 5.74) is 4.39. The largest absolute Gasteiger partial charge is 0.416 e. The predicted octanol–water partition coefficient (Wildman–Crippen LogP) is 3.04. The third-order valence-electron chi connectivity index (χ3n) is 3.96. The van der Waals surface area contributed by atoms with Crippen LogP contribution >= 0.6 is 0 Å². The number of carbonyl (C=O) groups is 1. The second-order valence-corrected chi connectivity index (χ2v) is 5.74. The van der Waals surface area contributed by atoms with Gasteiger partial charge in [0.2, 0.25) is 0 Å². The van der Waals surface area contributed by atoms with Crippen molar-refractivity contribution in [3.8, 4) is 0 Å². The van der Waals surface area contributed by atoms with Gasteiger partial charge in [0.25, 0.3) is 5.91 Å². The van der Waals surface area contributed by atoms with Gasteiger partial charge < -0.3 is 10.6 Å². The van der Waals surface area contributed by atoms with Gasteiger partial charge in [-0.1, -0.05) is 0 Å². The molecule has 0 aromatic heterocycles. The Labute approximate surface area is 126 Å². The summed E-state index contributed by atoms with van der Waals surface area (Å²) in [6.07, 6.45) is -3.08. The van der Waals surface area contributed by atoms with Crippen LogP contribution in [0.2, 0.25) is 0 Å². The van der Waals surface area contributed by atoms with Gasteiger partial charge in [-0.2, -0.15) is 13.2 Å². The lowest BCUT2D eigenvalue weighted by Crippen LogP contribution is -2.45. The Morgan fingerprint density at radius 1 is 1.36 bits per heavy atom. The van der Waals surface area contributed by atoms with Crippen LogP contribution in [0.5, 0.6) is 0 Å². The zero-order valence-corrected chi connectivity index (χ0v) is 12.2. The highest BCUT2D eigenvalue weighted by molar-refractivity contribution is 5.94. The zero-order valence-electron chi connectivity index (χ0n) is 12.2. The molecule has 1 aromatic rings. The molecule has 1 saturated heterocycles. The first-order valence-electron chi connectivity index (χ1n) is 7.11. The Kier molecular flexibility index (Phi) is 4.75. The van der Waals surface area contributed by atoms with Crippen molar-refractivity contribution in [2.24, 2.45) is 11.7 Å². The molecule has 0 radical (unpaired) electrons. The van der Waals surface area contributed by atoms with E-state index in [1.807, 2.05) is 6.92 Å². The van der Waals surface area contributed by atoms with E-state index >= 15 is 0 Å². The monoisotopic (exact) mass is 318 g/mol. The van der Waals surface area contributed by atoms with Crippen LogP contribution in [-0.2, 0) is 6.18 Å². The average Bonchev–Trinajstić information content (AvgIpc) is 2.45. The number of benzene rings is 1. The van der Waals surface area contributed by atoms with Gasteiger partial charge >= 0.3 is 6.18 Å². The molecule has 0 spiro atoms. The maximum atomic E-state index is 13.4. The molecule has 22 heavy (non-hydrogen) atoms. The first-order chi connectivity index (χ1) is 10.2. The van der Waals surface area contributed by atoms with E-state index in [-0.39, 0.29) is 17.5 Å². The molecular formula is C15H18F4N2O. The minimum absolute atomic E-state index is 0.103. The number of nitrogens with two attached hydrogens (primary N) is 1. The van der Waals surface area contributed by atoms with Crippen LogP contribution in [0.4, 0.5) is 17.6 Å². The lowest BCUT2D eigenvalue weighted by Gasteiger charge is -2.34. The molecule has 1 aromatic carbocycles. The van der Waals surface area contributed by atoms with Gasteiger partial charge in [0.1, 0.15) is 5.82 Å². The maximum absolute atomic E-state index is 13.4. The molecule has 1 aliphatic heterocycles. The van der Waals surface area contributed by atoms with E-state index < -0.39 is 23.5 Å². The predicted molar refractivity (Wildman–Crippen MR) is 73.7 cm³/mol.